The number of hydrogen-bond acceptors (Lipinski definition) is 8. The monoisotopic (exact) mass is 521 g/mol. The van der Waals surface area contributed by atoms with Gasteiger partial charge in [-0.2, -0.15) is 5.10 Å². The quantitative estimate of drug-likeness (QED) is 0.360. The van der Waals surface area contributed by atoms with Crippen molar-refractivity contribution in [2.75, 3.05) is 36.4 Å². The summed E-state index contributed by atoms with van der Waals surface area (Å²) in [6, 6.07) is 14.2. The molecule has 1 aliphatic rings. The highest BCUT2D eigenvalue weighted by atomic mass is 16.2. The van der Waals surface area contributed by atoms with Crippen LogP contribution in [-0.2, 0) is 11.8 Å². The van der Waals surface area contributed by atoms with Gasteiger partial charge in [0.1, 0.15) is 12.1 Å². The summed E-state index contributed by atoms with van der Waals surface area (Å²) in [5.41, 5.74) is 5.72. The van der Waals surface area contributed by atoms with Crippen LogP contribution < -0.4 is 10.2 Å². The van der Waals surface area contributed by atoms with E-state index in [4.69, 9.17) is 4.98 Å². The van der Waals surface area contributed by atoms with Crippen LogP contribution in [0.1, 0.15) is 32.4 Å². The molecule has 3 aromatic heterocycles. The molecule has 0 spiro atoms. The van der Waals surface area contributed by atoms with E-state index in [9.17, 15) is 4.79 Å². The van der Waals surface area contributed by atoms with Crippen molar-refractivity contribution in [2.24, 2.45) is 7.05 Å². The van der Waals surface area contributed by atoms with Crippen LogP contribution in [-0.4, -0.2) is 66.7 Å². The van der Waals surface area contributed by atoms with Crippen LogP contribution in [0.3, 0.4) is 0 Å². The van der Waals surface area contributed by atoms with E-state index in [1.54, 1.807) is 19.4 Å². The molecule has 0 atom stereocenters. The number of carbonyl (C=O) groups is 1. The van der Waals surface area contributed by atoms with Crippen molar-refractivity contribution in [1.29, 1.82) is 0 Å². The molecule has 1 fully saturated rings. The van der Waals surface area contributed by atoms with E-state index in [-0.39, 0.29) is 5.91 Å². The fourth-order valence-corrected chi connectivity index (χ4v) is 5.38. The normalized spacial score (nSPS) is 14.0. The van der Waals surface area contributed by atoms with Crippen molar-refractivity contribution in [2.45, 2.75) is 26.7 Å². The Bertz CT molecular complexity index is 1690. The smallest absolute Gasteiger partial charge is 0.227 e. The largest absolute Gasteiger partial charge is 0.352 e. The van der Waals surface area contributed by atoms with E-state index in [2.05, 4.69) is 56.2 Å². The number of rotatable bonds is 5. The van der Waals surface area contributed by atoms with Crippen molar-refractivity contribution in [3.05, 3.63) is 60.7 Å². The Hall–Kier alpha value is -4.60. The summed E-state index contributed by atoms with van der Waals surface area (Å²) in [4.78, 5) is 34.1. The van der Waals surface area contributed by atoms with Gasteiger partial charge in [-0.25, -0.2) is 19.9 Å². The highest BCUT2D eigenvalue weighted by Crippen LogP contribution is 2.30. The second-order valence-electron chi connectivity index (χ2n) is 10.2. The molecular formula is C29H31N9O. The first-order valence-corrected chi connectivity index (χ1v) is 13.2. The van der Waals surface area contributed by atoms with Gasteiger partial charge in [-0.1, -0.05) is 19.9 Å². The van der Waals surface area contributed by atoms with Crippen LogP contribution in [0.25, 0.3) is 33.1 Å². The average molecular weight is 522 g/mol. The zero-order valence-corrected chi connectivity index (χ0v) is 22.6. The minimum atomic E-state index is 0.113. The average Bonchev–Trinajstić information content (AvgIpc) is 3.28. The van der Waals surface area contributed by atoms with E-state index in [0.717, 1.165) is 57.7 Å². The fourth-order valence-electron chi connectivity index (χ4n) is 5.38. The molecule has 10 heteroatoms. The highest BCUT2D eigenvalue weighted by molar-refractivity contribution is 5.92. The summed E-state index contributed by atoms with van der Waals surface area (Å²) >= 11 is 0. The zero-order valence-electron chi connectivity index (χ0n) is 22.6. The Morgan fingerprint density at radius 3 is 2.51 bits per heavy atom. The molecule has 1 amide bonds. The Morgan fingerprint density at radius 2 is 1.74 bits per heavy atom. The molecule has 0 saturated carbocycles. The molecule has 1 saturated heterocycles. The minimum absolute atomic E-state index is 0.113. The van der Waals surface area contributed by atoms with Crippen LogP contribution in [0.2, 0.25) is 0 Å². The Morgan fingerprint density at radius 1 is 0.923 bits per heavy atom. The zero-order chi connectivity index (χ0) is 27.1. The number of aromatic nitrogens is 6. The molecule has 198 valence electrons. The van der Waals surface area contributed by atoms with Crippen molar-refractivity contribution in [3.8, 4) is 11.3 Å². The molecule has 0 bridgehead atoms. The maximum atomic E-state index is 11.7. The van der Waals surface area contributed by atoms with E-state index in [1.165, 1.54) is 5.69 Å². The number of carbonyl (C=O) groups excluding carboxylic acids is 1. The molecule has 1 N–H and O–H groups in total. The third-order valence-corrected chi connectivity index (χ3v) is 7.27. The third kappa shape index (κ3) is 4.73. The first-order chi connectivity index (χ1) is 18.9. The van der Waals surface area contributed by atoms with Gasteiger partial charge < -0.3 is 15.1 Å². The lowest BCUT2D eigenvalue weighted by atomic mass is 10.0. The van der Waals surface area contributed by atoms with Crippen LogP contribution in [0.15, 0.2) is 55.0 Å². The van der Waals surface area contributed by atoms with Gasteiger partial charge in [0.15, 0.2) is 0 Å². The van der Waals surface area contributed by atoms with Gasteiger partial charge in [0.05, 0.1) is 16.7 Å². The molecule has 4 heterocycles. The SMILES string of the molecule is CC(=O)N1CCN(c2ncnc3cc(Nc4nccc(-c5ccc6nn(C)c(C(C)C)c6c5)n4)ccc23)CC1. The summed E-state index contributed by atoms with van der Waals surface area (Å²) in [6.07, 6.45) is 3.36. The molecule has 1 aliphatic heterocycles. The highest BCUT2D eigenvalue weighted by Gasteiger charge is 2.21. The molecule has 0 aliphatic carbocycles. The van der Waals surface area contributed by atoms with Gasteiger partial charge >= 0.3 is 0 Å². The molecular weight excluding hydrogens is 490 g/mol. The number of anilines is 3. The van der Waals surface area contributed by atoms with Crippen LogP contribution in [0, 0.1) is 0 Å². The van der Waals surface area contributed by atoms with E-state index in [0.29, 0.717) is 25.0 Å². The first kappa shape index (κ1) is 24.7. The number of piperazine rings is 1. The predicted molar refractivity (Wildman–Crippen MR) is 153 cm³/mol. The summed E-state index contributed by atoms with van der Waals surface area (Å²) in [5, 5.41) is 10.1. The molecule has 2 aromatic carbocycles. The molecule has 6 rings (SSSR count). The van der Waals surface area contributed by atoms with Gasteiger partial charge in [-0.05, 0) is 42.3 Å². The third-order valence-electron chi connectivity index (χ3n) is 7.27. The van der Waals surface area contributed by atoms with Crippen LogP contribution in [0.4, 0.5) is 17.5 Å². The van der Waals surface area contributed by atoms with Crippen molar-refractivity contribution < 1.29 is 4.79 Å². The number of fused-ring (bicyclic) bond motifs is 2. The van der Waals surface area contributed by atoms with Gasteiger partial charge in [-0.15, -0.1) is 0 Å². The van der Waals surface area contributed by atoms with Crippen LogP contribution in [0.5, 0.6) is 0 Å². The number of nitrogens with zero attached hydrogens (tertiary/aromatic N) is 8. The van der Waals surface area contributed by atoms with Crippen molar-refractivity contribution >= 4 is 45.2 Å². The summed E-state index contributed by atoms with van der Waals surface area (Å²) in [7, 11) is 1.99. The molecule has 0 unspecified atom stereocenters. The topological polar surface area (TPSA) is 105 Å². The number of amides is 1. The second-order valence-corrected chi connectivity index (χ2v) is 10.2. The van der Waals surface area contributed by atoms with Gasteiger partial charge in [0.25, 0.3) is 0 Å². The minimum Gasteiger partial charge on any atom is -0.352 e. The van der Waals surface area contributed by atoms with Gasteiger partial charge in [0.2, 0.25) is 11.9 Å². The molecule has 5 aromatic rings. The predicted octanol–water partition coefficient (Wildman–Crippen LogP) is 4.51. The maximum Gasteiger partial charge on any atom is 0.227 e. The Balaban J connectivity index is 1.25. The second kappa shape index (κ2) is 9.94. The Labute approximate surface area is 226 Å². The van der Waals surface area contributed by atoms with Gasteiger partial charge in [0, 0.05) is 74.1 Å². The molecule has 0 radical (unpaired) electrons. The fraction of sp³-hybridized carbons (Fsp3) is 0.310. The Kier molecular flexibility index (Phi) is 6.30. The van der Waals surface area contributed by atoms with Crippen molar-refractivity contribution in [1.82, 2.24) is 34.6 Å². The lowest BCUT2D eigenvalue weighted by molar-refractivity contribution is -0.129. The van der Waals surface area contributed by atoms with E-state index >= 15 is 0 Å². The van der Waals surface area contributed by atoms with Crippen LogP contribution >= 0.6 is 0 Å². The van der Waals surface area contributed by atoms with Gasteiger partial charge in [-0.3, -0.25) is 9.48 Å². The van der Waals surface area contributed by atoms with E-state index < -0.39 is 0 Å². The van der Waals surface area contributed by atoms with E-state index in [1.807, 2.05) is 47.0 Å². The lowest BCUT2D eigenvalue weighted by Gasteiger charge is -2.35. The number of benzene rings is 2. The summed E-state index contributed by atoms with van der Waals surface area (Å²) in [6.45, 7) is 8.86. The first-order valence-electron chi connectivity index (χ1n) is 13.2. The number of nitrogens with one attached hydrogen (secondary N) is 1. The van der Waals surface area contributed by atoms with Crippen molar-refractivity contribution in [3.63, 3.8) is 0 Å². The standard InChI is InChI=1S/C29H31N9O/c1-18(2)27-23-15-20(5-8-25(23)35-36(27)4)24-9-10-30-29(34-24)33-21-6-7-22-26(16-21)31-17-32-28(22)38-13-11-37(12-14-38)19(3)39/h5-10,15-18H,11-14H2,1-4H3,(H,30,33,34). The molecule has 39 heavy (non-hydrogen) atoms. The summed E-state index contributed by atoms with van der Waals surface area (Å²) in [5.74, 6) is 1.87. The number of hydrogen-bond donors (Lipinski definition) is 1. The maximum absolute atomic E-state index is 11.7. The molecule has 10 nitrogen and oxygen atoms in total. The number of aryl methyl sites for hydroxylation is 1. The summed E-state index contributed by atoms with van der Waals surface area (Å²) < 4.78 is 1.97. The lowest BCUT2D eigenvalue weighted by Crippen LogP contribution is -2.48.